The highest BCUT2D eigenvalue weighted by Gasteiger charge is 2.14. The zero-order valence-electron chi connectivity index (χ0n) is 10.6. The summed E-state index contributed by atoms with van der Waals surface area (Å²) >= 11 is 2.72. The van der Waals surface area contributed by atoms with Crippen LogP contribution in [0.15, 0.2) is 28.6 Å². The minimum Gasteiger partial charge on any atom is -0.369 e. The van der Waals surface area contributed by atoms with E-state index in [1.807, 2.05) is 31.2 Å². The Morgan fingerprint density at radius 1 is 1.42 bits per heavy atom. The summed E-state index contributed by atoms with van der Waals surface area (Å²) in [4.78, 5) is 11.0. The fourth-order valence-corrected chi connectivity index (χ4v) is 3.20. The zero-order chi connectivity index (χ0) is 13.8. The Morgan fingerprint density at radius 2 is 2.16 bits per heavy atom. The molecule has 1 amide bonds. The van der Waals surface area contributed by atoms with Gasteiger partial charge in [-0.1, -0.05) is 41.3 Å². The van der Waals surface area contributed by atoms with Gasteiger partial charge in [-0.25, -0.2) is 0 Å². The number of thioether (sulfide) groups is 1. The first-order valence-electron chi connectivity index (χ1n) is 5.68. The number of anilines is 2. The van der Waals surface area contributed by atoms with Gasteiger partial charge in [0.2, 0.25) is 11.0 Å². The van der Waals surface area contributed by atoms with Crippen LogP contribution in [0.25, 0.3) is 0 Å². The average molecular weight is 294 g/mol. The standard InChI is InChI=1S/C12H14N4OS2/c1-7-5-3-4-6-9(7)14-11-15-16-12(19-11)18-8(2)10(13)17/h3-6,8H,1-2H3,(H2,13,17)(H,14,15)/t8-/m0/s1. The summed E-state index contributed by atoms with van der Waals surface area (Å²) in [5.41, 5.74) is 7.35. The van der Waals surface area contributed by atoms with Crippen molar-refractivity contribution < 1.29 is 4.79 Å². The maximum atomic E-state index is 11.0. The molecule has 19 heavy (non-hydrogen) atoms. The third-order valence-electron chi connectivity index (χ3n) is 2.47. The molecule has 2 rings (SSSR count). The number of para-hydroxylation sites is 1. The molecule has 0 spiro atoms. The van der Waals surface area contributed by atoms with Gasteiger partial charge in [0.1, 0.15) is 0 Å². The quantitative estimate of drug-likeness (QED) is 0.828. The second-order valence-corrected chi connectivity index (χ2v) is 6.54. The molecule has 0 aliphatic heterocycles. The van der Waals surface area contributed by atoms with Crippen molar-refractivity contribution in [1.29, 1.82) is 0 Å². The Kier molecular flexibility index (Phi) is 4.39. The van der Waals surface area contributed by atoms with Crippen LogP contribution in [0.3, 0.4) is 0 Å². The van der Waals surface area contributed by atoms with E-state index in [-0.39, 0.29) is 11.2 Å². The molecule has 7 heteroatoms. The van der Waals surface area contributed by atoms with Crippen LogP contribution < -0.4 is 11.1 Å². The van der Waals surface area contributed by atoms with Crippen LogP contribution in [0.5, 0.6) is 0 Å². The van der Waals surface area contributed by atoms with Gasteiger partial charge in [-0.15, -0.1) is 10.2 Å². The van der Waals surface area contributed by atoms with Crippen LogP contribution >= 0.6 is 23.1 Å². The third-order valence-corrected chi connectivity index (χ3v) is 4.51. The van der Waals surface area contributed by atoms with Gasteiger partial charge in [0.15, 0.2) is 4.34 Å². The Labute approximate surface area is 119 Å². The van der Waals surface area contributed by atoms with E-state index in [4.69, 9.17) is 5.73 Å². The average Bonchev–Trinajstić information content (AvgIpc) is 2.79. The molecule has 3 N–H and O–H groups in total. The fraction of sp³-hybridized carbons (Fsp3) is 0.250. The number of hydrogen-bond acceptors (Lipinski definition) is 6. The van der Waals surface area contributed by atoms with Crippen molar-refractivity contribution in [2.45, 2.75) is 23.4 Å². The summed E-state index contributed by atoms with van der Waals surface area (Å²) in [6.07, 6.45) is 0. The Balaban J connectivity index is 2.06. The summed E-state index contributed by atoms with van der Waals surface area (Å²) in [5, 5.41) is 11.7. The van der Waals surface area contributed by atoms with Crippen LogP contribution in [-0.2, 0) is 4.79 Å². The first kappa shape index (κ1) is 13.8. The van der Waals surface area contributed by atoms with E-state index in [0.29, 0.717) is 5.13 Å². The molecule has 5 nitrogen and oxygen atoms in total. The second kappa shape index (κ2) is 6.03. The van der Waals surface area contributed by atoms with Crippen molar-refractivity contribution in [3.05, 3.63) is 29.8 Å². The predicted molar refractivity (Wildman–Crippen MR) is 78.9 cm³/mol. The van der Waals surface area contributed by atoms with Crippen LogP contribution in [0.2, 0.25) is 0 Å². The number of primary amides is 1. The van der Waals surface area contributed by atoms with Crippen molar-refractivity contribution in [2.24, 2.45) is 5.73 Å². The normalized spacial score (nSPS) is 12.1. The summed E-state index contributed by atoms with van der Waals surface area (Å²) < 4.78 is 0.724. The van der Waals surface area contributed by atoms with E-state index < -0.39 is 0 Å². The molecule has 1 aromatic heterocycles. The molecule has 0 aliphatic carbocycles. The monoisotopic (exact) mass is 294 g/mol. The largest absolute Gasteiger partial charge is 0.369 e. The van der Waals surface area contributed by atoms with Gasteiger partial charge in [0, 0.05) is 5.69 Å². The molecule has 1 atom stereocenters. The lowest BCUT2D eigenvalue weighted by molar-refractivity contribution is -0.117. The molecule has 2 aromatic rings. The van der Waals surface area contributed by atoms with Crippen molar-refractivity contribution in [2.75, 3.05) is 5.32 Å². The number of benzene rings is 1. The van der Waals surface area contributed by atoms with Crippen molar-refractivity contribution in [3.63, 3.8) is 0 Å². The fourth-order valence-electron chi connectivity index (χ4n) is 1.35. The second-order valence-electron chi connectivity index (χ2n) is 3.98. The number of hydrogen-bond donors (Lipinski definition) is 2. The highest BCUT2D eigenvalue weighted by molar-refractivity contribution is 8.02. The molecule has 0 saturated heterocycles. The first-order valence-corrected chi connectivity index (χ1v) is 7.38. The molecule has 0 radical (unpaired) electrons. The highest BCUT2D eigenvalue weighted by Crippen LogP contribution is 2.30. The lowest BCUT2D eigenvalue weighted by Crippen LogP contribution is -2.22. The lowest BCUT2D eigenvalue weighted by atomic mass is 10.2. The maximum Gasteiger partial charge on any atom is 0.230 e. The number of aromatic nitrogens is 2. The number of aryl methyl sites for hydroxylation is 1. The van der Waals surface area contributed by atoms with Crippen molar-refractivity contribution in [3.8, 4) is 0 Å². The molecule has 1 heterocycles. The summed E-state index contributed by atoms with van der Waals surface area (Å²) in [7, 11) is 0. The molecule has 100 valence electrons. The molecule has 1 aromatic carbocycles. The summed E-state index contributed by atoms with van der Waals surface area (Å²) in [5.74, 6) is -0.353. The van der Waals surface area contributed by atoms with E-state index in [0.717, 1.165) is 15.6 Å². The minimum absolute atomic E-state index is 0.306. The van der Waals surface area contributed by atoms with Crippen molar-refractivity contribution in [1.82, 2.24) is 10.2 Å². The molecular weight excluding hydrogens is 280 g/mol. The van der Waals surface area contributed by atoms with Gasteiger partial charge in [-0.05, 0) is 25.5 Å². The predicted octanol–water partition coefficient (Wildman–Crippen LogP) is 2.56. The number of nitrogens with zero attached hydrogens (tertiary/aromatic N) is 2. The number of nitrogens with one attached hydrogen (secondary N) is 1. The van der Waals surface area contributed by atoms with Gasteiger partial charge in [0.25, 0.3) is 0 Å². The lowest BCUT2D eigenvalue weighted by Gasteiger charge is -2.04. The maximum absolute atomic E-state index is 11.0. The molecule has 0 bridgehead atoms. The number of nitrogens with two attached hydrogens (primary N) is 1. The number of amides is 1. The molecule has 0 saturated carbocycles. The van der Waals surface area contributed by atoms with Gasteiger partial charge in [-0.3, -0.25) is 4.79 Å². The molecular formula is C12H14N4OS2. The SMILES string of the molecule is Cc1ccccc1Nc1nnc(S[C@@H](C)C(N)=O)s1. The summed E-state index contributed by atoms with van der Waals surface area (Å²) in [6, 6.07) is 7.95. The van der Waals surface area contributed by atoms with Gasteiger partial charge >= 0.3 is 0 Å². The summed E-state index contributed by atoms with van der Waals surface area (Å²) in [6.45, 7) is 3.77. The van der Waals surface area contributed by atoms with Crippen LogP contribution in [0.1, 0.15) is 12.5 Å². The number of rotatable bonds is 5. The number of carbonyl (C=O) groups is 1. The Bertz CT molecular complexity index is 585. The Hall–Kier alpha value is -1.60. The third kappa shape index (κ3) is 3.68. The van der Waals surface area contributed by atoms with E-state index >= 15 is 0 Å². The first-order chi connectivity index (χ1) is 9.06. The van der Waals surface area contributed by atoms with Crippen LogP contribution in [-0.4, -0.2) is 21.4 Å². The van der Waals surface area contributed by atoms with E-state index in [2.05, 4.69) is 15.5 Å². The van der Waals surface area contributed by atoms with Crippen LogP contribution in [0.4, 0.5) is 10.8 Å². The van der Waals surface area contributed by atoms with Gasteiger partial charge < -0.3 is 11.1 Å². The molecule has 0 unspecified atom stereocenters. The topological polar surface area (TPSA) is 80.9 Å². The van der Waals surface area contributed by atoms with E-state index in [1.54, 1.807) is 6.92 Å². The van der Waals surface area contributed by atoms with E-state index in [1.165, 1.54) is 23.1 Å². The highest BCUT2D eigenvalue weighted by atomic mass is 32.2. The molecule has 0 aliphatic rings. The van der Waals surface area contributed by atoms with Gasteiger partial charge in [-0.2, -0.15) is 0 Å². The van der Waals surface area contributed by atoms with Gasteiger partial charge in [0.05, 0.1) is 5.25 Å². The Morgan fingerprint density at radius 3 is 2.84 bits per heavy atom. The van der Waals surface area contributed by atoms with Crippen molar-refractivity contribution >= 4 is 39.8 Å². The molecule has 0 fully saturated rings. The van der Waals surface area contributed by atoms with Crippen LogP contribution in [0, 0.1) is 6.92 Å². The smallest absolute Gasteiger partial charge is 0.230 e. The minimum atomic E-state index is -0.353. The number of carbonyl (C=O) groups excluding carboxylic acids is 1. The zero-order valence-corrected chi connectivity index (χ0v) is 12.2. The van der Waals surface area contributed by atoms with E-state index in [9.17, 15) is 4.79 Å².